The van der Waals surface area contributed by atoms with Gasteiger partial charge in [-0.1, -0.05) is 44.2 Å². The molecule has 3 amide bonds. The van der Waals surface area contributed by atoms with Crippen LogP contribution in [0.2, 0.25) is 0 Å². The fourth-order valence-corrected chi connectivity index (χ4v) is 2.38. The van der Waals surface area contributed by atoms with E-state index >= 15 is 0 Å². The Balaban J connectivity index is 2.21. The Morgan fingerprint density at radius 1 is 1.04 bits per heavy atom. The van der Waals surface area contributed by atoms with Gasteiger partial charge >= 0.3 is 6.03 Å². The van der Waals surface area contributed by atoms with E-state index in [1.807, 2.05) is 37.3 Å². The molecule has 0 aliphatic carbocycles. The van der Waals surface area contributed by atoms with E-state index in [0.717, 1.165) is 12.0 Å². The van der Waals surface area contributed by atoms with Crippen LogP contribution >= 0.6 is 0 Å². The number of nitrogens with one attached hydrogen (secondary N) is 2. The van der Waals surface area contributed by atoms with Crippen LogP contribution in [0.3, 0.4) is 0 Å². The highest BCUT2D eigenvalue weighted by molar-refractivity contribution is 5.78. The summed E-state index contributed by atoms with van der Waals surface area (Å²) in [4.78, 5) is 25.5. The molecule has 0 radical (unpaired) electrons. The lowest BCUT2D eigenvalue weighted by molar-refractivity contribution is -0.120. The predicted octanol–water partition coefficient (Wildman–Crippen LogP) is 2.42. The van der Waals surface area contributed by atoms with Crippen molar-refractivity contribution in [3.8, 4) is 0 Å². The van der Waals surface area contributed by atoms with Gasteiger partial charge in [0.1, 0.15) is 0 Å². The highest BCUT2D eigenvalue weighted by atomic mass is 16.2. The van der Waals surface area contributed by atoms with Crippen LogP contribution in [0, 0.1) is 5.92 Å². The number of hydrogen-bond acceptors (Lipinski definition) is 2. The van der Waals surface area contributed by atoms with Gasteiger partial charge in [0, 0.05) is 26.2 Å². The van der Waals surface area contributed by atoms with Crippen LogP contribution in [0.15, 0.2) is 30.3 Å². The summed E-state index contributed by atoms with van der Waals surface area (Å²) >= 11 is 0. The molecule has 0 aliphatic rings. The van der Waals surface area contributed by atoms with Gasteiger partial charge in [0.15, 0.2) is 0 Å². The quantitative estimate of drug-likeness (QED) is 0.723. The van der Waals surface area contributed by atoms with Crippen molar-refractivity contribution in [3.05, 3.63) is 35.9 Å². The summed E-state index contributed by atoms with van der Waals surface area (Å²) in [5.41, 5.74) is 0.983. The highest BCUT2D eigenvalue weighted by Gasteiger charge is 2.16. The lowest BCUT2D eigenvalue weighted by Crippen LogP contribution is -2.45. The number of nitrogens with zero attached hydrogens (tertiary/aromatic N) is 1. The van der Waals surface area contributed by atoms with Gasteiger partial charge < -0.3 is 15.5 Å². The summed E-state index contributed by atoms with van der Waals surface area (Å²) in [6.07, 6.45) is 1.33. The molecular weight excluding hydrogens is 290 g/mol. The van der Waals surface area contributed by atoms with Crippen molar-refractivity contribution in [1.82, 2.24) is 15.5 Å². The minimum absolute atomic E-state index is 0.0352. The van der Waals surface area contributed by atoms with E-state index in [2.05, 4.69) is 24.5 Å². The van der Waals surface area contributed by atoms with Crippen molar-refractivity contribution in [1.29, 1.82) is 0 Å². The minimum Gasteiger partial charge on any atom is -0.354 e. The fourth-order valence-electron chi connectivity index (χ4n) is 2.38. The van der Waals surface area contributed by atoms with Crippen LogP contribution in [0.25, 0.3) is 0 Å². The molecule has 1 atom stereocenters. The van der Waals surface area contributed by atoms with Crippen LogP contribution in [-0.4, -0.2) is 43.0 Å². The van der Waals surface area contributed by atoms with Gasteiger partial charge in [-0.05, 0) is 24.8 Å². The van der Waals surface area contributed by atoms with Crippen LogP contribution in [0.1, 0.15) is 32.8 Å². The first-order valence-corrected chi connectivity index (χ1v) is 8.21. The third-order valence-corrected chi connectivity index (χ3v) is 3.72. The second-order valence-corrected chi connectivity index (χ2v) is 6.33. The molecule has 0 spiro atoms. The number of benzene rings is 1. The topological polar surface area (TPSA) is 61.4 Å². The smallest absolute Gasteiger partial charge is 0.317 e. The average molecular weight is 319 g/mol. The Labute approximate surface area is 139 Å². The van der Waals surface area contributed by atoms with Crippen molar-refractivity contribution in [2.24, 2.45) is 5.92 Å². The van der Waals surface area contributed by atoms with Crippen LogP contribution in [-0.2, 0) is 11.2 Å². The Bertz CT molecular complexity index is 488. The summed E-state index contributed by atoms with van der Waals surface area (Å²) in [5.74, 6) is 0.518. The Hall–Kier alpha value is -2.04. The van der Waals surface area contributed by atoms with Crippen molar-refractivity contribution >= 4 is 11.9 Å². The van der Waals surface area contributed by atoms with E-state index < -0.39 is 0 Å². The van der Waals surface area contributed by atoms with Crippen molar-refractivity contribution < 1.29 is 9.59 Å². The minimum atomic E-state index is -0.101. The zero-order valence-corrected chi connectivity index (χ0v) is 14.6. The summed E-state index contributed by atoms with van der Waals surface area (Å²) in [6, 6.07) is 9.69. The van der Waals surface area contributed by atoms with Crippen LogP contribution < -0.4 is 10.6 Å². The molecule has 0 saturated heterocycles. The first-order valence-electron chi connectivity index (χ1n) is 8.21. The monoisotopic (exact) mass is 319 g/mol. The van der Waals surface area contributed by atoms with Crippen molar-refractivity contribution in [3.63, 3.8) is 0 Å². The van der Waals surface area contributed by atoms with Gasteiger partial charge in [-0.15, -0.1) is 0 Å². The Kier molecular flexibility index (Phi) is 8.16. The standard InChI is InChI=1S/C18H29N3O2/c1-14(2)12-15(3)21(4)18(23)20-11-10-19-17(22)13-16-8-6-5-7-9-16/h5-9,14-15H,10-13H2,1-4H3,(H,19,22)(H,20,23)/t15-/m1/s1. The molecule has 1 aromatic carbocycles. The van der Waals surface area contributed by atoms with E-state index in [1.54, 1.807) is 11.9 Å². The van der Waals surface area contributed by atoms with E-state index in [-0.39, 0.29) is 18.0 Å². The molecule has 0 heterocycles. The zero-order chi connectivity index (χ0) is 17.2. The predicted molar refractivity (Wildman–Crippen MR) is 93.2 cm³/mol. The number of hydrogen-bond donors (Lipinski definition) is 2. The van der Waals surface area contributed by atoms with Gasteiger partial charge in [-0.25, -0.2) is 4.79 Å². The van der Waals surface area contributed by atoms with E-state index in [4.69, 9.17) is 0 Å². The van der Waals surface area contributed by atoms with Gasteiger partial charge in [0.2, 0.25) is 5.91 Å². The van der Waals surface area contributed by atoms with Crippen LogP contribution in [0.4, 0.5) is 4.79 Å². The first kappa shape index (κ1) is 19.0. The maximum absolute atomic E-state index is 12.0. The SMILES string of the molecule is CC(C)C[C@@H](C)N(C)C(=O)NCCNC(=O)Cc1ccccc1. The Morgan fingerprint density at radius 3 is 2.26 bits per heavy atom. The van der Waals surface area contributed by atoms with E-state index in [9.17, 15) is 9.59 Å². The molecule has 128 valence electrons. The maximum Gasteiger partial charge on any atom is 0.317 e. The highest BCUT2D eigenvalue weighted by Crippen LogP contribution is 2.09. The van der Waals surface area contributed by atoms with Crippen molar-refractivity contribution in [2.75, 3.05) is 20.1 Å². The second-order valence-electron chi connectivity index (χ2n) is 6.33. The van der Waals surface area contributed by atoms with Gasteiger partial charge in [0.05, 0.1) is 6.42 Å². The number of urea groups is 1. The second kappa shape index (κ2) is 9.87. The molecular formula is C18H29N3O2. The largest absolute Gasteiger partial charge is 0.354 e. The number of carbonyl (C=O) groups is 2. The molecule has 2 N–H and O–H groups in total. The lowest BCUT2D eigenvalue weighted by atomic mass is 10.0. The first-order chi connectivity index (χ1) is 10.9. The molecule has 0 aromatic heterocycles. The third kappa shape index (κ3) is 7.68. The zero-order valence-electron chi connectivity index (χ0n) is 14.6. The molecule has 0 bridgehead atoms. The molecule has 0 fully saturated rings. The molecule has 0 unspecified atom stereocenters. The summed E-state index contributed by atoms with van der Waals surface area (Å²) < 4.78 is 0. The molecule has 1 aromatic rings. The normalized spacial score (nSPS) is 11.9. The van der Waals surface area contributed by atoms with Crippen LogP contribution in [0.5, 0.6) is 0 Å². The third-order valence-electron chi connectivity index (χ3n) is 3.72. The number of rotatable bonds is 8. The molecule has 0 saturated carbocycles. The fraction of sp³-hybridized carbons (Fsp3) is 0.556. The molecule has 5 nitrogen and oxygen atoms in total. The maximum atomic E-state index is 12.0. The number of amides is 3. The van der Waals surface area contributed by atoms with E-state index in [1.165, 1.54) is 0 Å². The van der Waals surface area contributed by atoms with E-state index in [0.29, 0.717) is 25.4 Å². The van der Waals surface area contributed by atoms with Crippen molar-refractivity contribution in [2.45, 2.75) is 39.7 Å². The molecule has 23 heavy (non-hydrogen) atoms. The Morgan fingerprint density at radius 2 is 1.65 bits per heavy atom. The molecule has 0 aliphatic heterocycles. The summed E-state index contributed by atoms with van der Waals surface area (Å²) in [6.45, 7) is 7.19. The summed E-state index contributed by atoms with van der Waals surface area (Å²) in [7, 11) is 1.80. The van der Waals surface area contributed by atoms with Gasteiger partial charge in [-0.2, -0.15) is 0 Å². The lowest BCUT2D eigenvalue weighted by Gasteiger charge is -2.26. The molecule has 5 heteroatoms. The average Bonchev–Trinajstić information content (AvgIpc) is 2.50. The van der Waals surface area contributed by atoms with Gasteiger partial charge in [-0.3, -0.25) is 4.79 Å². The number of carbonyl (C=O) groups excluding carboxylic acids is 2. The molecule has 1 rings (SSSR count). The summed E-state index contributed by atoms with van der Waals surface area (Å²) in [5, 5.41) is 5.64. The van der Waals surface area contributed by atoms with Gasteiger partial charge in [0.25, 0.3) is 0 Å².